The molecular weight excluding hydrogens is 418 g/mol. The molecular formula is C26H23N3O4. The van der Waals surface area contributed by atoms with Gasteiger partial charge in [-0.05, 0) is 55.7 Å². The number of carbonyl (C=O) groups excluding carboxylic acids is 1. The van der Waals surface area contributed by atoms with Crippen LogP contribution in [0.15, 0.2) is 83.4 Å². The van der Waals surface area contributed by atoms with E-state index in [0.29, 0.717) is 28.4 Å². The number of benzene rings is 3. The van der Waals surface area contributed by atoms with Crippen molar-refractivity contribution in [3.05, 3.63) is 84.9 Å². The molecule has 0 saturated heterocycles. The first-order valence-corrected chi connectivity index (χ1v) is 10.7. The first kappa shape index (κ1) is 20.8. The van der Waals surface area contributed by atoms with Crippen LogP contribution in [0.3, 0.4) is 0 Å². The third-order valence-electron chi connectivity index (χ3n) is 5.57. The van der Waals surface area contributed by atoms with E-state index in [2.05, 4.69) is 10.3 Å². The molecule has 3 aromatic carbocycles. The van der Waals surface area contributed by atoms with E-state index in [-0.39, 0.29) is 11.9 Å². The Morgan fingerprint density at radius 2 is 2.00 bits per heavy atom. The number of hydrogen-bond acceptors (Lipinski definition) is 6. The summed E-state index contributed by atoms with van der Waals surface area (Å²) in [4.78, 5) is 17.3. The highest BCUT2D eigenvalue weighted by atomic mass is 16.5. The first-order chi connectivity index (χ1) is 16.0. The van der Waals surface area contributed by atoms with Crippen LogP contribution in [0.4, 0.5) is 5.69 Å². The smallest absolute Gasteiger partial charge is 0.265 e. The van der Waals surface area contributed by atoms with Gasteiger partial charge in [-0.1, -0.05) is 36.4 Å². The number of oxazole rings is 1. The van der Waals surface area contributed by atoms with Gasteiger partial charge < -0.3 is 14.5 Å². The molecule has 2 N–H and O–H groups in total. The normalized spacial score (nSPS) is 16.6. The van der Waals surface area contributed by atoms with Crippen LogP contribution in [0.2, 0.25) is 0 Å². The Hall–Kier alpha value is -4.10. The van der Waals surface area contributed by atoms with Crippen molar-refractivity contribution >= 4 is 39.0 Å². The van der Waals surface area contributed by atoms with Crippen LogP contribution >= 0.6 is 0 Å². The van der Waals surface area contributed by atoms with Crippen molar-refractivity contribution in [2.24, 2.45) is 0 Å². The number of hydrogen-bond donors (Lipinski definition) is 2. The second-order valence-electron chi connectivity index (χ2n) is 7.99. The summed E-state index contributed by atoms with van der Waals surface area (Å²) >= 11 is 0. The van der Waals surface area contributed by atoms with Crippen molar-refractivity contribution < 1.29 is 19.2 Å². The number of nitrogens with zero attached hydrogens (tertiary/aromatic N) is 2. The summed E-state index contributed by atoms with van der Waals surface area (Å²) in [6, 6.07) is 18.8. The number of ether oxygens (including phenoxy) is 1. The van der Waals surface area contributed by atoms with Crippen LogP contribution < -0.4 is 10.1 Å². The van der Waals surface area contributed by atoms with E-state index in [4.69, 9.17) is 9.15 Å². The van der Waals surface area contributed by atoms with Gasteiger partial charge in [0, 0.05) is 22.8 Å². The predicted octanol–water partition coefficient (Wildman–Crippen LogP) is 5.38. The highest BCUT2D eigenvalue weighted by Gasteiger charge is 2.18. The number of carbonyl (C=O) groups is 1. The lowest BCUT2D eigenvalue weighted by Gasteiger charge is -2.21. The Morgan fingerprint density at radius 1 is 1.18 bits per heavy atom. The number of nitrogens with one attached hydrogen (secondary N) is 1. The lowest BCUT2D eigenvalue weighted by atomic mass is 10.1. The maximum atomic E-state index is 12.8. The van der Waals surface area contributed by atoms with Crippen molar-refractivity contribution in [1.29, 1.82) is 0 Å². The fourth-order valence-electron chi connectivity index (χ4n) is 3.74. The summed E-state index contributed by atoms with van der Waals surface area (Å²) in [5.74, 6) is 0.856. The zero-order valence-electron chi connectivity index (χ0n) is 18.2. The number of aromatic nitrogens is 1. The van der Waals surface area contributed by atoms with E-state index < -0.39 is 6.10 Å². The average Bonchev–Trinajstić information content (AvgIpc) is 3.24. The van der Waals surface area contributed by atoms with Crippen molar-refractivity contribution in [3.63, 3.8) is 0 Å². The summed E-state index contributed by atoms with van der Waals surface area (Å²) in [7, 11) is 0. The third-order valence-corrected chi connectivity index (χ3v) is 5.57. The molecule has 5 rings (SSSR count). The lowest BCUT2D eigenvalue weighted by Crippen LogP contribution is -2.30. The van der Waals surface area contributed by atoms with Crippen LogP contribution in [0.25, 0.3) is 27.4 Å². The van der Waals surface area contributed by atoms with Crippen molar-refractivity contribution in [3.8, 4) is 5.75 Å². The summed E-state index contributed by atoms with van der Waals surface area (Å²) in [5.41, 5.74) is 2.62. The Kier molecular flexibility index (Phi) is 5.32. The molecule has 0 aliphatic carbocycles. The number of anilines is 1. The van der Waals surface area contributed by atoms with Gasteiger partial charge in [-0.2, -0.15) is 0 Å². The minimum atomic E-state index is -0.695. The Morgan fingerprint density at radius 3 is 2.85 bits per heavy atom. The number of allylic oxidation sites excluding steroid dienone is 2. The highest BCUT2D eigenvalue weighted by Crippen LogP contribution is 2.28. The second kappa shape index (κ2) is 8.44. The standard InChI is InChI=1S/C26H23N3O4/c1-16-14-19(12-13-29(16)31)26-28-22-15-20(10-11-24(22)33-26)27-25(30)17(2)32-23-9-5-7-18-6-3-4-8-21(18)23/h3-17,31H,1-2H3,(H,27,30)/t16?,17-/m0/s1. The van der Waals surface area contributed by atoms with Gasteiger partial charge in [0.15, 0.2) is 11.7 Å². The Labute approximate surface area is 190 Å². The van der Waals surface area contributed by atoms with Crippen LogP contribution in [0, 0.1) is 0 Å². The molecule has 0 saturated carbocycles. The number of rotatable bonds is 5. The van der Waals surface area contributed by atoms with Gasteiger partial charge in [0.05, 0.1) is 6.04 Å². The van der Waals surface area contributed by atoms with E-state index >= 15 is 0 Å². The topological polar surface area (TPSA) is 87.8 Å². The zero-order valence-corrected chi connectivity index (χ0v) is 18.2. The highest BCUT2D eigenvalue weighted by molar-refractivity contribution is 5.96. The fourth-order valence-corrected chi connectivity index (χ4v) is 3.74. The predicted molar refractivity (Wildman–Crippen MR) is 127 cm³/mol. The molecule has 0 bridgehead atoms. The second-order valence-corrected chi connectivity index (χ2v) is 7.99. The van der Waals surface area contributed by atoms with Crippen molar-refractivity contribution in [2.45, 2.75) is 26.0 Å². The van der Waals surface area contributed by atoms with E-state index in [1.807, 2.05) is 55.5 Å². The molecule has 166 valence electrons. The molecule has 0 spiro atoms. The Balaban J connectivity index is 1.32. The van der Waals surface area contributed by atoms with E-state index in [9.17, 15) is 10.0 Å². The van der Waals surface area contributed by atoms with Crippen molar-refractivity contribution in [1.82, 2.24) is 10.0 Å². The summed E-state index contributed by atoms with van der Waals surface area (Å²) in [6.07, 6.45) is 4.47. The molecule has 33 heavy (non-hydrogen) atoms. The molecule has 2 heterocycles. The maximum absolute atomic E-state index is 12.8. The van der Waals surface area contributed by atoms with Gasteiger partial charge in [0.25, 0.3) is 5.91 Å². The van der Waals surface area contributed by atoms with Gasteiger partial charge in [-0.3, -0.25) is 15.1 Å². The lowest BCUT2D eigenvalue weighted by molar-refractivity contribution is -0.122. The van der Waals surface area contributed by atoms with Gasteiger partial charge in [0.1, 0.15) is 11.3 Å². The third kappa shape index (κ3) is 4.18. The summed E-state index contributed by atoms with van der Waals surface area (Å²) in [6.45, 7) is 3.58. The first-order valence-electron chi connectivity index (χ1n) is 10.7. The van der Waals surface area contributed by atoms with Crippen LogP contribution in [0.5, 0.6) is 5.75 Å². The van der Waals surface area contributed by atoms with Gasteiger partial charge in [-0.15, -0.1) is 0 Å². The molecule has 1 aromatic heterocycles. The minimum Gasteiger partial charge on any atom is -0.480 e. The van der Waals surface area contributed by atoms with E-state index in [1.165, 1.54) is 0 Å². The van der Waals surface area contributed by atoms with E-state index in [1.54, 1.807) is 37.4 Å². The monoisotopic (exact) mass is 441 g/mol. The molecule has 7 heteroatoms. The minimum absolute atomic E-state index is 0.182. The maximum Gasteiger partial charge on any atom is 0.265 e. The number of fused-ring (bicyclic) bond motifs is 2. The van der Waals surface area contributed by atoms with Crippen LogP contribution in [-0.2, 0) is 4.79 Å². The Bertz CT molecular complexity index is 1400. The fraction of sp³-hybridized carbons (Fsp3) is 0.154. The summed E-state index contributed by atoms with van der Waals surface area (Å²) < 4.78 is 11.8. The van der Waals surface area contributed by atoms with Gasteiger partial charge in [-0.25, -0.2) is 4.98 Å². The number of amides is 1. The molecule has 4 aromatic rings. The molecule has 0 fully saturated rings. The molecule has 7 nitrogen and oxygen atoms in total. The average molecular weight is 441 g/mol. The zero-order chi connectivity index (χ0) is 22.9. The van der Waals surface area contributed by atoms with E-state index in [0.717, 1.165) is 21.4 Å². The molecule has 0 radical (unpaired) electrons. The largest absolute Gasteiger partial charge is 0.480 e. The van der Waals surface area contributed by atoms with Gasteiger partial charge >= 0.3 is 0 Å². The quantitative estimate of drug-likeness (QED) is 0.432. The molecule has 1 unspecified atom stereocenters. The SMILES string of the molecule is CC1C=C(c2nc3cc(NC(=O)[C@H](C)Oc4cccc5ccccc45)ccc3o2)C=CN1O. The molecule has 2 atom stereocenters. The molecule has 1 amide bonds. The summed E-state index contributed by atoms with van der Waals surface area (Å²) in [5, 5.41) is 15.7. The van der Waals surface area contributed by atoms with Crippen LogP contribution in [0.1, 0.15) is 19.7 Å². The number of hydroxylamine groups is 2. The molecule has 1 aliphatic heterocycles. The van der Waals surface area contributed by atoms with Gasteiger partial charge in [0.2, 0.25) is 5.89 Å². The van der Waals surface area contributed by atoms with Crippen LogP contribution in [-0.4, -0.2) is 33.3 Å². The molecule has 1 aliphatic rings. The van der Waals surface area contributed by atoms with Crippen molar-refractivity contribution in [2.75, 3.05) is 5.32 Å².